The van der Waals surface area contributed by atoms with Gasteiger partial charge in [0, 0.05) is 11.1 Å². The summed E-state index contributed by atoms with van der Waals surface area (Å²) in [5.41, 5.74) is 1.01. The summed E-state index contributed by atoms with van der Waals surface area (Å²) in [5, 5.41) is 3.80. The van der Waals surface area contributed by atoms with Gasteiger partial charge in [0.15, 0.2) is 0 Å². The van der Waals surface area contributed by atoms with Gasteiger partial charge in [0.2, 0.25) is 0 Å². The predicted molar refractivity (Wildman–Crippen MR) is 67.5 cm³/mol. The Morgan fingerprint density at radius 3 is 2.75 bits per heavy atom. The molecule has 0 heterocycles. The lowest BCUT2D eigenvalue weighted by molar-refractivity contribution is 0.498. The van der Waals surface area contributed by atoms with Gasteiger partial charge in [0.05, 0.1) is 0 Å². The quantitative estimate of drug-likeness (QED) is 0.802. The maximum absolute atomic E-state index is 12.9. The molecule has 0 aliphatic rings. The first-order chi connectivity index (χ1) is 7.67. The molecule has 1 rings (SSSR count). The summed E-state index contributed by atoms with van der Waals surface area (Å²) < 4.78 is 12.9. The van der Waals surface area contributed by atoms with E-state index < -0.39 is 0 Å². The molecule has 0 radical (unpaired) electrons. The average Bonchev–Trinajstić information content (AvgIpc) is 2.27. The molecule has 0 saturated carbocycles. The number of rotatable bonds is 6. The summed E-state index contributed by atoms with van der Waals surface area (Å²) in [4.78, 5) is 0. The SMILES string of the molecule is CCCCC(Cc1ccc(F)cc1Cl)NC. The minimum Gasteiger partial charge on any atom is -0.317 e. The summed E-state index contributed by atoms with van der Waals surface area (Å²) in [5.74, 6) is -0.275. The maximum Gasteiger partial charge on any atom is 0.124 e. The summed E-state index contributed by atoms with van der Waals surface area (Å²) in [6, 6.07) is 5.04. The number of halogens is 2. The van der Waals surface area contributed by atoms with E-state index in [0.29, 0.717) is 11.1 Å². The topological polar surface area (TPSA) is 12.0 Å². The molecule has 0 aliphatic heterocycles. The average molecular weight is 244 g/mol. The molecular formula is C13H19ClFN. The van der Waals surface area contributed by atoms with E-state index in [9.17, 15) is 4.39 Å². The normalized spacial score (nSPS) is 12.8. The maximum atomic E-state index is 12.9. The van der Waals surface area contributed by atoms with E-state index in [2.05, 4.69) is 12.2 Å². The van der Waals surface area contributed by atoms with E-state index in [-0.39, 0.29) is 5.82 Å². The van der Waals surface area contributed by atoms with Gasteiger partial charge < -0.3 is 5.32 Å². The van der Waals surface area contributed by atoms with E-state index >= 15 is 0 Å². The predicted octanol–water partition coefficient (Wildman–Crippen LogP) is 3.80. The minimum atomic E-state index is -0.275. The lowest BCUT2D eigenvalue weighted by Crippen LogP contribution is -2.27. The van der Waals surface area contributed by atoms with Crippen LogP contribution in [0.25, 0.3) is 0 Å². The minimum absolute atomic E-state index is 0.275. The summed E-state index contributed by atoms with van der Waals surface area (Å²) >= 11 is 6.00. The first-order valence-corrected chi connectivity index (χ1v) is 6.16. The van der Waals surface area contributed by atoms with Gasteiger partial charge in [-0.3, -0.25) is 0 Å². The van der Waals surface area contributed by atoms with Crippen molar-refractivity contribution in [2.24, 2.45) is 0 Å². The standard InChI is InChI=1S/C13H19ClFN/c1-3-4-5-12(16-2)8-10-6-7-11(15)9-13(10)14/h6-7,9,12,16H,3-5,8H2,1-2H3. The second kappa shape index (κ2) is 6.87. The summed E-state index contributed by atoms with van der Waals surface area (Å²) in [6.07, 6.45) is 4.37. The van der Waals surface area contributed by atoms with Gasteiger partial charge in [-0.25, -0.2) is 4.39 Å². The highest BCUT2D eigenvalue weighted by atomic mass is 35.5. The number of unbranched alkanes of at least 4 members (excludes halogenated alkanes) is 1. The Morgan fingerprint density at radius 2 is 2.19 bits per heavy atom. The molecule has 3 heteroatoms. The van der Waals surface area contributed by atoms with Crippen LogP contribution in [0.3, 0.4) is 0 Å². The Morgan fingerprint density at radius 1 is 1.44 bits per heavy atom. The van der Waals surface area contributed by atoms with Crippen LogP contribution in [0.2, 0.25) is 5.02 Å². The second-order valence-electron chi connectivity index (χ2n) is 4.07. The molecule has 0 amide bonds. The zero-order valence-electron chi connectivity index (χ0n) is 9.89. The van der Waals surface area contributed by atoms with Crippen LogP contribution < -0.4 is 5.32 Å². The molecule has 0 aliphatic carbocycles. The molecule has 1 unspecified atom stereocenters. The number of nitrogens with one attached hydrogen (secondary N) is 1. The van der Waals surface area contributed by atoms with Crippen molar-refractivity contribution in [3.8, 4) is 0 Å². The lowest BCUT2D eigenvalue weighted by atomic mass is 10.0. The number of hydrogen-bond donors (Lipinski definition) is 1. The zero-order valence-corrected chi connectivity index (χ0v) is 10.6. The van der Waals surface area contributed by atoms with Crippen molar-refractivity contribution >= 4 is 11.6 Å². The van der Waals surface area contributed by atoms with Crippen LogP contribution in [0.5, 0.6) is 0 Å². The molecule has 1 N–H and O–H groups in total. The highest BCUT2D eigenvalue weighted by molar-refractivity contribution is 6.31. The largest absolute Gasteiger partial charge is 0.317 e. The summed E-state index contributed by atoms with van der Waals surface area (Å²) in [6.45, 7) is 2.18. The van der Waals surface area contributed by atoms with Gasteiger partial charge in [0.1, 0.15) is 5.82 Å². The molecule has 1 aromatic carbocycles. The fourth-order valence-corrected chi connectivity index (χ4v) is 2.00. The van der Waals surface area contributed by atoms with Crippen molar-refractivity contribution in [3.05, 3.63) is 34.6 Å². The van der Waals surface area contributed by atoms with Crippen LogP contribution in [-0.2, 0) is 6.42 Å². The molecule has 0 bridgehead atoms. The van der Waals surface area contributed by atoms with Crippen molar-refractivity contribution in [2.45, 2.75) is 38.6 Å². The van der Waals surface area contributed by atoms with E-state index in [0.717, 1.165) is 18.4 Å². The Kier molecular flexibility index (Phi) is 5.78. The molecule has 1 nitrogen and oxygen atoms in total. The third kappa shape index (κ3) is 4.11. The van der Waals surface area contributed by atoms with Crippen molar-refractivity contribution < 1.29 is 4.39 Å². The Balaban J connectivity index is 2.62. The molecular weight excluding hydrogens is 225 g/mol. The molecule has 1 atom stereocenters. The van der Waals surface area contributed by atoms with Gasteiger partial charge in [-0.05, 0) is 37.6 Å². The molecule has 0 saturated heterocycles. The van der Waals surface area contributed by atoms with E-state index in [1.807, 2.05) is 7.05 Å². The first-order valence-electron chi connectivity index (χ1n) is 5.78. The number of benzene rings is 1. The van der Waals surface area contributed by atoms with Crippen LogP contribution in [0.1, 0.15) is 31.7 Å². The first kappa shape index (κ1) is 13.5. The fraction of sp³-hybridized carbons (Fsp3) is 0.538. The van der Waals surface area contributed by atoms with Crippen molar-refractivity contribution in [2.75, 3.05) is 7.05 Å². The van der Waals surface area contributed by atoms with Gasteiger partial charge in [-0.1, -0.05) is 37.4 Å². The number of hydrogen-bond acceptors (Lipinski definition) is 1. The summed E-state index contributed by atoms with van der Waals surface area (Å²) in [7, 11) is 1.96. The van der Waals surface area contributed by atoms with Crippen molar-refractivity contribution in [1.29, 1.82) is 0 Å². The highest BCUT2D eigenvalue weighted by Gasteiger charge is 2.09. The van der Waals surface area contributed by atoms with E-state index in [1.54, 1.807) is 6.07 Å². The zero-order chi connectivity index (χ0) is 12.0. The van der Waals surface area contributed by atoms with Gasteiger partial charge >= 0.3 is 0 Å². The Labute approximate surface area is 102 Å². The molecule has 90 valence electrons. The third-order valence-electron chi connectivity index (χ3n) is 2.80. The molecule has 16 heavy (non-hydrogen) atoms. The van der Waals surface area contributed by atoms with Crippen LogP contribution >= 0.6 is 11.6 Å². The monoisotopic (exact) mass is 243 g/mol. The molecule has 0 spiro atoms. The highest BCUT2D eigenvalue weighted by Crippen LogP contribution is 2.19. The van der Waals surface area contributed by atoms with Gasteiger partial charge in [0.25, 0.3) is 0 Å². The third-order valence-corrected chi connectivity index (χ3v) is 3.15. The van der Waals surface area contributed by atoms with Crippen LogP contribution in [0.15, 0.2) is 18.2 Å². The molecule has 0 fully saturated rings. The van der Waals surface area contributed by atoms with Crippen molar-refractivity contribution in [3.63, 3.8) is 0 Å². The smallest absolute Gasteiger partial charge is 0.124 e. The van der Waals surface area contributed by atoms with Crippen molar-refractivity contribution in [1.82, 2.24) is 5.32 Å². The van der Waals surface area contributed by atoms with Gasteiger partial charge in [-0.15, -0.1) is 0 Å². The lowest BCUT2D eigenvalue weighted by Gasteiger charge is -2.16. The van der Waals surface area contributed by atoms with E-state index in [4.69, 9.17) is 11.6 Å². The second-order valence-corrected chi connectivity index (χ2v) is 4.47. The Hall–Kier alpha value is -0.600. The van der Waals surface area contributed by atoms with E-state index in [1.165, 1.54) is 25.0 Å². The van der Waals surface area contributed by atoms with Crippen LogP contribution in [0, 0.1) is 5.82 Å². The fourth-order valence-electron chi connectivity index (χ4n) is 1.75. The van der Waals surface area contributed by atoms with Gasteiger partial charge in [-0.2, -0.15) is 0 Å². The van der Waals surface area contributed by atoms with Crippen LogP contribution in [-0.4, -0.2) is 13.1 Å². The molecule has 1 aromatic rings. The Bertz CT molecular complexity index is 328. The molecule has 0 aromatic heterocycles. The van der Waals surface area contributed by atoms with Crippen LogP contribution in [0.4, 0.5) is 4.39 Å². The number of likely N-dealkylation sites (N-methyl/N-ethyl adjacent to an activating group) is 1.